The zero-order chi connectivity index (χ0) is 13.7. The number of rotatable bonds is 6. The van der Waals surface area contributed by atoms with Gasteiger partial charge in [0.25, 0.3) is 0 Å². The number of hydrogen-bond donors (Lipinski definition) is 1. The molecule has 0 saturated carbocycles. The largest absolute Gasteiger partial charge is 0.486 e. The van der Waals surface area contributed by atoms with Crippen molar-refractivity contribution in [2.75, 3.05) is 18.9 Å². The summed E-state index contributed by atoms with van der Waals surface area (Å²) in [4.78, 5) is 0. The van der Waals surface area contributed by atoms with Crippen molar-refractivity contribution in [3.05, 3.63) is 24.3 Å². The zero-order valence-corrected chi connectivity index (χ0v) is 11.8. The van der Waals surface area contributed by atoms with Crippen LogP contribution in [-0.2, 0) is 10.0 Å². The average molecular weight is 285 g/mol. The first-order chi connectivity index (χ1) is 9.11. The second-order valence-corrected chi connectivity index (χ2v) is 6.44. The number of unbranched alkanes of at least 4 members (excludes halogenated alkanes) is 1. The van der Waals surface area contributed by atoms with Crippen LogP contribution in [0, 0.1) is 0 Å². The van der Waals surface area contributed by atoms with Crippen molar-refractivity contribution < 1.29 is 17.9 Å². The van der Waals surface area contributed by atoms with Gasteiger partial charge >= 0.3 is 0 Å². The van der Waals surface area contributed by atoms with E-state index in [0.29, 0.717) is 24.5 Å². The van der Waals surface area contributed by atoms with E-state index in [0.717, 1.165) is 6.42 Å². The Hall–Kier alpha value is -1.27. The maximum atomic E-state index is 11.7. The van der Waals surface area contributed by atoms with Crippen molar-refractivity contribution in [1.82, 2.24) is 4.72 Å². The van der Waals surface area contributed by atoms with Crippen molar-refractivity contribution in [2.45, 2.75) is 25.9 Å². The first-order valence-corrected chi connectivity index (χ1v) is 8.12. The fourth-order valence-electron chi connectivity index (χ4n) is 1.79. The molecule has 6 heteroatoms. The standard InChI is InChI=1S/C13H19NO4S/c1-2-3-8-19(15,16)14-9-11-10-17-12-6-4-5-7-13(12)18-11/h4-7,11,14H,2-3,8-10H2,1H3/t11-/m0/s1. The molecule has 1 aliphatic rings. The highest BCUT2D eigenvalue weighted by atomic mass is 32.2. The third kappa shape index (κ3) is 4.11. The minimum absolute atomic E-state index is 0.160. The molecule has 0 radical (unpaired) electrons. The Morgan fingerprint density at radius 2 is 2.05 bits per heavy atom. The number of fused-ring (bicyclic) bond motifs is 1. The van der Waals surface area contributed by atoms with Crippen LogP contribution in [-0.4, -0.2) is 33.4 Å². The number of hydrogen-bond acceptors (Lipinski definition) is 4. The summed E-state index contributed by atoms with van der Waals surface area (Å²) in [6.07, 6.45) is 1.24. The van der Waals surface area contributed by atoms with Gasteiger partial charge < -0.3 is 9.47 Å². The highest BCUT2D eigenvalue weighted by Crippen LogP contribution is 2.30. The van der Waals surface area contributed by atoms with Crippen molar-refractivity contribution in [3.8, 4) is 11.5 Å². The summed E-state index contributed by atoms with van der Waals surface area (Å²) < 4.78 is 37.1. The Labute approximate surface area is 114 Å². The minimum atomic E-state index is -3.21. The Morgan fingerprint density at radius 1 is 1.32 bits per heavy atom. The Balaban J connectivity index is 1.86. The van der Waals surface area contributed by atoms with Gasteiger partial charge in [-0.3, -0.25) is 0 Å². The Bertz CT molecular complexity index is 515. The summed E-state index contributed by atoms with van der Waals surface area (Å²) in [6.45, 7) is 2.55. The van der Waals surface area contributed by atoms with Crippen LogP contribution in [0.4, 0.5) is 0 Å². The second kappa shape index (κ2) is 6.25. The van der Waals surface area contributed by atoms with Gasteiger partial charge in [-0.25, -0.2) is 13.1 Å². The molecule has 2 rings (SSSR count). The van der Waals surface area contributed by atoms with Gasteiger partial charge in [-0.1, -0.05) is 25.5 Å². The highest BCUT2D eigenvalue weighted by molar-refractivity contribution is 7.89. The van der Waals surface area contributed by atoms with E-state index in [2.05, 4.69) is 4.72 Å². The van der Waals surface area contributed by atoms with Crippen LogP contribution in [0.2, 0.25) is 0 Å². The average Bonchev–Trinajstić information content (AvgIpc) is 2.43. The lowest BCUT2D eigenvalue weighted by molar-refractivity contribution is 0.0943. The quantitative estimate of drug-likeness (QED) is 0.861. The van der Waals surface area contributed by atoms with Crippen molar-refractivity contribution in [1.29, 1.82) is 0 Å². The molecule has 106 valence electrons. The summed E-state index contributed by atoms with van der Waals surface area (Å²) in [5, 5.41) is 0. The van der Waals surface area contributed by atoms with Crippen LogP contribution in [0.5, 0.6) is 11.5 Å². The lowest BCUT2D eigenvalue weighted by Crippen LogP contribution is -2.41. The maximum Gasteiger partial charge on any atom is 0.211 e. The molecule has 0 fully saturated rings. The van der Waals surface area contributed by atoms with Crippen LogP contribution in [0.25, 0.3) is 0 Å². The molecule has 0 unspecified atom stereocenters. The van der Waals surface area contributed by atoms with Gasteiger partial charge in [-0.05, 0) is 18.6 Å². The van der Waals surface area contributed by atoms with E-state index < -0.39 is 10.0 Å². The molecule has 0 aliphatic carbocycles. The van der Waals surface area contributed by atoms with Gasteiger partial charge in [-0.15, -0.1) is 0 Å². The number of para-hydroxylation sites is 2. The smallest absolute Gasteiger partial charge is 0.211 e. The zero-order valence-electron chi connectivity index (χ0n) is 11.0. The normalized spacial score (nSPS) is 18.3. The Kier molecular flexibility index (Phi) is 4.66. The van der Waals surface area contributed by atoms with Crippen LogP contribution in [0.3, 0.4) is 0 Å². The van der Waals surface area contributed by atoms with E-state index in [1.807, 2.05) is 31.2 Å². The van der Waals surface area contributed by atoms with Gasteiger partial charge in [0.2, 0.25) is 10.0 Å². The summed E-state index contributed by atoms with van der Waals surface area (Å²) in [5.41, 5.74) is 0. The maximum absolute atomic E-state index is 11.7. The third-order valence-electron chi connectivity index (χ3n) is 2.87. The van der Waals surface area contributed by atoms with Gasteiger partial charge in [0.05, 0.1) is 12.3 Å². The van der Waals surface area contributed by atoms with E-state index in [1.165, 1.54) is 0 Å². The molecule has 1 atom stereocenters. The first kappa shape index (κ1) is 14.1. The van der Waals surface area contributed by atoms with Gasteiger partial charge in [-0.2, -0.15) is 0 Å². The molecule has 0 aromatic heterocycles. The molecule has 1 aromatic carbocycles. The van der Waals surface area contributed by atoms with Gasteiger partial charge in [0, 0.05) is 0 Å². The van der Waals surface area contributed by atoms with Crippen LogP contribution < -0.4 is 14.2 Å². The van der Waals surface area contributed by atoms with Crippen molar-refractivity contribution >= 4 is 10.0 Å². The molecule has 1 aliphatic heterocycles. The SMILES string of the molecule is CCCCS(=O)(=O)NC[C@H]1COc2ccccc2O1. The summed E-state index contributed by atoms with van der Waals surface area (Å²) in [6, 6.07) is 7.37. The summed E-state index contributed by atoms with van der Waals surface area (Å²) in [5.74, 6) is 1.52. The fraction of sp³-hybridized carbons (Fsp3) is 0.538. The van der Waals surface area contributed by atoms with Crippen LogP contribution >= 0.6 is 0 Å². The Morgan fingerprint density at radius 3 is 2.79 bits per heavy atom. The van der Waals surface area contributed by atoms with E-state index in [9.17, 15) is 8.42 Å². The topological polar surface area (TPSA) is 64.6 Å². The number of ether oxygens (including phenoxy) is 2. The predicted octanol–water partition coefficient (Wildman–Crippen LogP) is 1.55. The molecule has 0 saturated heterocycles. The molecule has 1 aromatic rings. The third-order valence-corrected chi connectivity index (χ3v) is 4.30. The summed E-state index contributed by atoms with van der Waals surface area (Å²) in [7, 11) is -3.21. The summed E-state index contributed by atoms with van der Waals surface area (Å²) >= 11 is 0. The molecule has 0 spiro atoms. The molecular formula is C13H19NO4S. The lowest BCUT2D eigenvalue weighted by Gasteiger charge is -2.26. The van der Waals surface area contributed by atoms with E-state index in [-0.39, 0.29) is 18.4 Å². The van der Waals surface area contributed by atoms with Crippen molar-refractivity contribution in [3.63, 3.8) is 0 Å². The first-order valence-electron chi connectivity index (χ1n) is 6.46. The van der Waals surface area contributed by atoms with Gasteiger partial charge in [0.1, 0.15) is 12.7 Å². The highest BCUT2D eigenvalue weighted by Gasteiger charge is 2.22. The van der Waals surface area contributed by atoms with Gasteiger partial charge in [0.15, 0.2) is 11.5 Å². The lowest BCUT2D eigenvalue weighted by atomic mass is 10.2. The molecule has 1 N–H and O–H groups in total. The van der Waals surface area contributed by atoms with Crippen LogP contribution in [0.1, 0.15) is 19.8 Å². The molecule has 19 heavy (non-hydrogen) atoms. The number of benzene rings is 1. The number of sulfonamides is 1. The fourth-order valence-corrected chi connectivity index (χ4v) is 3.04. The van der Waals surface area contributed by atoms with Crippen LogP contribution in [0.15, 0.2) is 24.3 Å². The van der Waals surface area contributed by atoms with E-state index in [4.69, 9.17) is 9.47 Å². The van der Waals surface area contributed by atoms with E-state index >= 15 is 0 Å². The van der Waals surface area contributed by atoms with Crippen molar-refractivity contribution in [2.24, 2.45) is 0 Å². The molecule has 0 amide bonds. The monoisotopic (exact) mass is 285 g/mol. The predicted molar refractivity (Wildman–Crippen MR) is 73.1 cm³/mol. The number of nitrogens with one attached hydrogen (secondary N) is 1. The minimum Gasteiger partial charge on any atom is -0.486 e. The second-order valence-electron chi connectivity index (χ2n) is 4.52. The molecule has 1 heterocycles. The molecule has 0 bridgehead atoms. The molecule has 5 nitrogen and oxygen atoms in total. The van der Waals surface area contributed by atoms with E-state index in [1.54, 1.807) is 0 Å². The molecular weight excluding hydrogens is 266 g/mol.